The van der Waals surface area contributed by atoms with Crippen molar-refractivity contribution in [1.82, 2.24) is 29.6 Å². The Bertz CT molecular complexity index is 2930. The van der Waals surface area contributed by atoms with Crippen molar-refractivity contribution in [2.45, 2.75) is 19.0 Å². The van der Waals surface area contributed by atoms with Gasteiger partial charge in [0.2, 0.25) is 10.0 Å². The van der Waals surface area contributed by atoms with Crippen molar-refractivity contribution in [3.05, 3.63) is 141 Å². The fourth-order valence-corrected chi connectivity index (χ4v) is 7.72. The average molecular weight is 836 g/mol. The molecule has 58 heavy (non-hydrogen) atoms. The first-order valence-electron chi connectivity index (χ1n) is 17.1. The van der Waals surface area contributed by atoms with Crippen LogP contribution in [0, 0.1) is 23.3 Å². The van der Waals surface area contributed by atoms with Gasteiger partial charge in [-0.3, -0.25) is 14.0 Å². The third-order valence-corrected chi connectivity index (χ3v) is 10.6. The van der Waals surface area contributed by atoms with E-state index in [0.29, 0.717) is 23.4 Å². The summed E-state index contributed by atoms with van der Waals surface area (Å²) in [5.74, 6) is -3.59. The summed E-state index contributed by atoms with van der Waals surface area (Å²) < 4.78 is 92.9. The van der Waals surface area contributed by atoms with Gasteiger partial charge in [-0.25, -0.2) is 45.0 Å². The van der Waals surface area contributed by atoms with Crippen molar-refractivity contribution in [1.29, 1.82) is 0 Å². The van der Waals surface area contributed by atoms with E-state index < -0.39 is 57.4 Å². The molecule has 298 valence electrons. The van der Waals surface area contributed by atoms with E-state index in [2.05, 4.69) is 20.4 Å². The van der Waals surface area contributed by atoms with Gasteiger partial charge in [-0.05, 0) is 71.8 Å². The number of amides is 1. The molecule has 3 aromatic heterocycles. The number of fused-ring (bicyclic) bond motifs is 2. The third kappa shape index (κ3) is 7.75. The van der Waals surface area contributed by atoms with E-state index in [0.717, 1.165) is 39.4 Å². The van der Waals surface area contributed by atoms with Crippen molar-refractivity contribution in [2.75, 3.05) is 17.7 Å². The van der Waals surface area contributed by atoms with E-state index in [1.165, 1.54) is 43.1 Å². The first-order valence-corrected chi connectivity index (χ1v) is 19.3. The normalized spacial score (nSPS) is 12.2. The van der Waals surface area contributed by atoms with Gasteiger partial charge in [0, 0.05) is 31.2 Å². The molecule has 13 nitrogen and oxygen atoms in total. The number of methoxy groups -OCH3 is 1. The van der Waals surface area contributed by atoms with Gasteiger partial charge >= 0.3 is 6.09 Å². The standard InChI is InChI=1S/C39H30ClF4N7O6S/c1-49-34-32(13-11-28(40)33(34)37(48-49)50(58(3,55)56)19-20-4-7-25(57-2)8-5-20)51-36(31(46-39(53)54)16-21-14-23(42)17-24(43)15-21)47-35-27(38(51)52)10-12-30(45-35)26-9-6-22(41)18-29(26)44/h4-15,17-18,31,46H,16,19H2,1-3H3,(H,53,54)/t31-/m0/s1. The maximum atomic E-state index is 14.9. The number of benzene rings is 4. The monoisotopic (exact) mass is 835 g/mol. The van der Waals surface area contributed by atoms with E-state index in [9.17, 15) is 40.7 Å². The van der Waals surface area contributed by atoms with Crippen molar-refractivity contribution < 1.29 is 40.6 Å². The number of nitrogens with one attached hydrogen (secondary N) is 1. The van der Waals surface area contributed by atoms with Gasteiger partial charge in [0.05, 0.1) is 58.6 Å². The molecule has 7 aromatic rings. The Morgan fingerprint density at radius 3 is 2.28 bits per heavy atom. The number of rotatable bonds is 11. The number of anilines is 1. The first kappa shape index (κ1) is 39.7. The molecule has 0 saturated heterocycles. The van der Waals surface area contributed by atoms with Crippen molar-refractivity contribution in [3.8, 4) is 22.7 Å². The van der Waals surface area contributed by atoms with Crippen molar-refractivity contribution >= 4 is 55.5 Å². The first-order chi connectivity index (χ1) is 27.5. The lowest BCUT2D eigenvalue weighted by atomic mass is 10.0. The van der Waals surface area contributed by atoms with Gasteiger partial charge in [-0.15, -0.1) is 0 Å². The maximum Gasteiger partial charge on any atom is 0.405 e. The quantitative estimate of drug-likeness (QED) is 0.130. The summed E-state index contributed by atoms with van der Waals surface area (Å²) in [5, 5.41) is 16.8. The van der Waals surface area contributed by atoms with Crippen LogP contribution in [0.3, 0.4) is 0 Å². The van der Waals surface area contributed by atoms with Crippen LogP contribution in [-0.4, -0.2) is 57.3 Å². The van der Waals surface area contributed by atoms with Gasteiger partial charge in [0.1, 0.15) is 34.8 Å². The summed E-state index contributed by atoms with van der Waals surface area (Å²) in [4.78, 5) is 36.1. The Balaban J connectivity index is 1.50. The summed E-state index contributed by atoms with van der Waals surface area (Å²) in [6.45, 7) is -0.185. The highest BCUT2D eigenvalue weighted by molar-refractivity contribution is 7.92. The lowest BCUT2D eigenvalue weighted by Gasteiger charge is -2.23. The molecule has 4 aromatic carbocycles. The highest BCUT2D eigenvalue weighted by Gasteiger charge is 2.30. The molecule has 0 spiro atoms. The molecule has 0 saturated carbocycles. The van der Waals surface area contributed by atoms with E-state index in [4.69, 9.17) is 16.3 Å². The number of hydrogen-bond acceptors (Lipinski definition) is 8. The molecule has 2 N–H and O–H groups in total. The van der Waals surface area contributed by atoms with Crippen LogP contribution in [0.4, 0.5) is 28.2 Å². The van der Waals surface area contributed by atoms with Gasteiger partial charge in [0.25, 0.3) is 5.56 Å². The number of halogens is 5. The van der Waals surface area contributed by atoms with Gasteiger partial charge in [-0.2, -0.15) is 5.10 Å². The largest absolute Gasteiger partial charge is 0.497 e. The summed E-state index contributed by atoms with van der Waals surface area (Å²) >= 11 is 6.79. The maximum absolute atomic E-state index is 14.9. The number of hydrogen-bond donors (Lipinski definition) is 2. The van der Waals surface area contributed by atoms with Crippen LogP contribution in [0.1, 0.15) is 23.0 Å². The van der Waals surface area contributed by atoms with Crippen LogP contribution < -0.4 is 19.9 Å². The Labute approximate surface area is 331 Å². The molecule has 0 fully saturated rings. The lowest BCUT2D eigenvalue weighted by molar-refractivity contribution is 0.189. The number of carbonyl (C=O) groups is 1. The second-order valence-corrected chi connectivity index (χ2v) is 15.5. The summed E-state index contributed by atoms with van der Waals surface area (Å²) in [6, 6.07) is 16.0. The smallest absolute Gasteiger partial charge is 0.405 e. The van der Waals surface area contributed by atoms with Gasteiger partial charge < -0.3 is 15.2 Å². The molecule has 0 aliphatic carbocycles. The second-order valence-electron chi connectivity index (χ2n) is 13.1. The zero-order valence-electron chi connectivity index (χ0n) is 30.5. The Kier molecular flexibility index (Phi) is 10.6. The summed E-state index contributed by atoms with van der Waals surface area (Å²) in [5.41, 5.74) is -0.610. The molecule has 0 aliphatic heterocycles. The summed E-state index contributed by atoms with van der Waals surface area (Å²) in [6.07, 6.45) is -1.05. The highest BCUT2D eigenvalue weighted by Crippen LogP contribution is 2.38. The molecule has 7 rings (SSSR count). The Hall–Kier alpha value is -6.53. The van der Waals surface area contributed by atoms with E-state index in [1.807, 2.05) is 0 Å². The topological polar surface area (TPSA) is 162 Å². The SMILES string of the molecule is COc1ccc(CN(c2nn(C)c3c(-n4c([C@H](Cc5cc(F)cc(F)c5)NC(=O)O)nc5nc(-c6ccc(F)cc6F)ccc5c4=O)ccc(Cl)c23)S(C)(=O)=O)cc1. The Morgan fingerprint density at radius 1 is 0.931 bits per heavy atom. The van der Waals surface area contributed by atoms with Crippen LogP contribution in [0.2, 0.25) is 5.02 Å². The van der Waals surface area contributed by atoms with Crippen LogP contribution in [0.15, 0.2) is 89.7 Å². The number of aryl methyl sites for hydroxylation is 1. The van der Waals surface area contributed by atoms with Crippen molar-refractivity contribution in [2.24, 2.45) is 7.05 Å². The predicted molar refractivity (Wildman–Crippen MR) is 208 cm³/mol. The number of ether oxygens (including phenoxy) is 1. The minimum absolute atomic E-state index is 0.00390. The summed E-state index contributed by atoms with van der Waals surface area (Å²) in [7, 11) is -1.09. The number of aromatic nitrogens is 5. The van der Waals surface area contributed by atoms with Crippen LogP contribution >= 0.6 is 11.6 Å². The number of sulfonamides is 1. The van der Waals surface area contributed by atoms with Crippen LogP contribution in [-0.2, 0) is 30.0 Å². The van der Waals surface area contributed by atoms with E-state index >= 15 is 0 Å². The molecule has 0 bridgehead atoms. The van der Waals surface area contributed by atoms with Crippen LogP contribution in [0.25, 0.3) is 38.9 Å². The lowest BCUT2D eigenvalue weighted by Crippen LogP contribution is -2.35. The van der Waals surface area contributed by atoms with Gasteiger partial charge in [-0.1, -0.05) is 23.7 Å². The zero-order valence-corrected chi connectivity index (χ0v) is 32.1. The number of nitrogens with zero attached hydrogens (tertiary/aromatic N) is 6. The second kappa shape index (κ2) is 15.4. The average Bonchev–Trinajstić information content (AvgIpc) is 3.50. The van der Waals surface area contributed by atoms with E-state index in [-0.39, 0.29) is 67.7 Å². The third-order valence-electron chi connectivity index (χ3n) is 9.20. The molecule has 1 atom stereocenters. The zero-order chi connectivity index (χ0) is 41.6. The van der Waals surface area contributed by atoms with E-state index in [1.54, 1.807) is 24.3 Å². The molecular weight excluding hydrogens is 806 g/mol. The van der Waals surface area contributed by atoms with Crippen molar-refractivity contribution in [3.63, 3.8) is 0 Å². The molecule has 0 unspecified atom stereocenters. The fourth-order valence-electron chi connectivity index (χ4n) is 6.66. The fraction of sp³-hybridized carbons (Fsp3) is 0.154. The highest BCUT2D eigenvalue weighted by atomic mass is 35.5. The van der Waals surface area contributed by atoms with Crippen LogP contribution in [0.5, 0.6) is 5.75 Å². The molecule has 3 heterocycles. The van der Waals surface area contributed by atoms with Gasteiger partial charge in [0.15, 0.2) is 11.5 Å². The minimum atomic E-state index is -4.06. The number of pyridine rings is 1. The molecular formula is C39H30ClF4N7O6S. The minimum Gasteiger partial charge on any atom is -0.497 e. The molecule has 0 radical (unpaired) electrons. The Morgan fingerprint density at radius 2 is 1.64 bits per heavy atom. The molecule has 1 amide bonds. The molecule has 0 aliphatic rings. The number of carboxylic acid groups (broad SMARTS) is 1. The molecule has 19 heteroatoms. The predicted octanol–water partition coefficient (Wildman–Crippen LogP) is 7.07.